The molecule has 6 nitrogen and oxygen atoms in total. The third kappa shape index (κ3) is 2.97. The third-order valence-corrected chi connectivity index (χ3v) is 4.15. The molecular formula is C19H16N4O2. The van der Waals surface area contributed by atoms with Crippen molar-refractivity contribution >= 4 is 11.6 Å². The highest BCUT2D eigenvalue weighted by Gasteiger charge is 2.25. The van der Waals surface area contributed by atoms with Gasteiger partial charge >= 0.3 is 0 Å². The second kappa shape index (κ2) is 6.38. The zero-order valence-electron chi connectivity index (χ0n) is 13.6. The zero-order valence-corrected chi connectivity index (χ0v) is 13.6. The van der Waals surface area contributed by atoms with Gasteiger partial charge in [-0.15, -0.1) is 6.42 Å². The fourth-order valence-corrected chi connectivity index (χ4v) is 2.76. The van der Waals surface area contributed by atoms with Crippen LogP contribution >= 0.6 is 0 Å². The number of nitrogens with zero attached hydrogens (tertiary/aromatic N) is 4. The van der Waals surface area contributed by atoms with Crippen molar-refractivity contribution < 1.29 is 9.53 Å². The first-order chi connectivity index (χ1) is 12.3. The number of carbonyl (C=O) groups excluding carboxylic acids is 1. The van der Waals surface area contributed by atoms with Gasteiger partial charge in [-0.2, -0.15) is 5.10 Å². The Labute approximate surface area is 145 Å². The Morgan fingerprint density at radius 1 is 1.20 bits per heavy atom. The van der Waals surface area contributed by atoms with Crippen LogP contribution in [-0.2, 0) is 4.74 Å². The fourth-order valence-electron chi connectivity index (χ4n) is 2.76. The summed E-state index contributed by atoms with van der Waals surface area (Å²) < 4.78 is 6.76. The van der Waals surface area contributed by atoms with Crippen molar-refractivity contribution in [3.63, 3.8) is 0 Å². The van der Waals surface area contributed by atoms with Crippen molar-refractivity contribution in [1.82, 2.24) is 19.5 Å². The fraction of sp³-hybridized carbons (Fsp3) is 0.211. The van der Waals surface area contributed by atoms with E-state index in [2.05, 4.69) is 40.3 Å². The van der Waals surface area contributed by atoms with Crippen molar-refractivity contribution in [2.75, 3.05) is 26.3 Å². The number of morpholine rings is 1. The van der Waals surface area contributed by atoms with Crippen LogP contribution in [0.3, 0.4) is 0 Å². The van der Waals surface area contributed by atoms with Crippen LogP contribution in [0.4, 0.5) is 0 Å². The van der Waals surface area contributed by atoms with E-state index in [4.69, 9.17) is 11.2 Å². The smallest absolute Gasteiger partial charge is 0.275 e. The average molecular weight is 332 g/mol. The van der Waals surface area contributed by atoms with E-state index < -0.39 is 0 Å². The lowest BCUT2D eigenvalue weighted by Gasteiger charge is -2.26. The van der Waals surface area contributed by atoms with Gasteiger partial charge < -0.3 is 9.64 Å². The van der Waals surface area contributed by atoms with E-state index in [1.54, 1.807) is 23.4 Å². The minimum absolute atomic E-state index is 0.165. The molecule has 2 aromatic heterocycles. The zero-order chi connectivity index (χ0) is 17.2. The van der Waals surface area contributed by atoms with E-state index in [0.29, 0.717) is 37.5 Å². The molecule has 0 spiro atoms. The number of fused-ring (bicyclic) bond motifs is 2. The average Bonchev–Trinajstić information content (AvgIpc) is 3.10. The van der Waals surface area contributed by atoms with Gasteiger partial charge in [-0.05, 0) is 23.3 Å². The van der Waals surface area contributed by atoms with Crippen molar-refractivity contribution in [2.45, 2.75) is 0 Å². The Kier molecular flexibility index (Phi) is 3.92. The van der Waals surface area contributed by atoms with E-state index in [-0.39, 0.29) is 11.6 Å². The van der Waals surface area contributed by atoms with Gasteiger partial charge in [0, 0.05) is 25.5 Å². The highest BCUT2D eigenvalue weighted by atomic mass is 16.5. The van der Waals surface area contributed by atoms with Crippen LogP contribution in [-0.4, -0.2) is 51.7 Å². The maximum Gasteiger partial charge on any atom is 0.275 e. The van der Waals surface area contributed by atoms with Crippen molar-refractivity contribution in [2.24, 2.45) is 0 Å². The molecule has 6 heteroatoms. The van der Waals surface area contributed by atoms with Crippen LogP contribution in [0.2, 0.25) is 0 Å². The maximum atomic E-state index is 12.4. The first kappa shape index (κ1) is 15.4. The molecule has 25 heavy (non-hydrogen) atoms. The number of hydrogen-bond acceptors (Lipinski definition) is 4. The van der Waals surface area contributed by atoms with Crippen LogP contribution < -0.4 is 0 Å². The topological polar surface area (TPSA) is 59.7 Å². The van der Waals surface area contributed by atoms with Gasteiger partial charge in [0.05, 0.1) is 13.2 Å². The number of terminal acetylenes is 1. The predicted octanol–water partition coefficient (Wildman–Crippen LogP) is 1.85. The molecule has 0 N–H and O–H groups in total. The first-order valence-electron chi connectivity index (χ1n) is 8.05. The molecule has 0 bridgehead atoms. The molecule has 1 saturated heterocycles. The Morgan fingerprint density at radius 3 is 2.56 bits per heavy atom. The SMILES string of the molecule is C#Cc1c(C(=O)N2CCOCC2)nn2cccnc12.c1cc2cc-2c1. The van der Waals surface area contributed by atoms with Crippen LogP contribution in [0.5, 0.6) is 0 Å². The number of ether oxygens (including phenoxy) is 1. The second-order valence-corrected chi connectivity index (χ2v) is 5.74. The lowest BCUT2D eigenvalue weighted by molar-refractivity contribution is 0.0298. The largest absolute Gasteiger partial charge is 0.378 e. The van der Waals surface area contributed by atoms with Gasteiger partial charge in [-0.25, -0.2) is 9.50 Å². The number of aromatic nitrogens is 3. The summed E-state index contributed by atoms with van der Waals surface area (Å²) in [6.07, 6.45) is 8.84. The number of amides is 1. The van der Waals surface area contributed by atoms with Gasteiger partial charge in [-0.3, -0.25) is 4.79 Å². The van der Waals surface area contributed by atoms with Gasteiger partial charge in [0.1, 0.15) is 5.56 Å². The van der Waals surface area contributed by atoms with E-state index in [1.807, 2.05) is 0 Å². The summed E-state index contributed by atoms with van der Waals surface area (Å²) in [5.41, 5.74) is 4.10. The summed E-state index contributed by atoms with van der Waals surface area (Å²) in [5.74, 6) is 2.35. The van der Waals surface area contributed by atoms with Crippen molar-refractivity contribution in [3.8, 4) is 23.5 Å². The summed E-state index contributed by atoms with van der Waals surface area (Å²) in [5, 5.41) is 4.24. The lowest BCUT2D eigenvalue weighted by atomic mass is 10.2. The van der Waals surface area contributed by atoms with E-state index >= 15 is 0 Å². The molecule has 124 valence electrons. The molecule has 1 aliphatic heterocycles. The molecule has 0 radical (unpaired) electrons. The molecule has 3 aliphatic rings. The predicted molar refractivity (Wildman–Crippen MR) is 93.1 cm³/mol. The molecule has 0 unspecified atom stereocenters. The molecule has 0 atom stereocenters. The monoisotopic (exact) mass is 332 g/mol. The van der Waals surface area contributed by atoms with E-state index in [0.717, 1.165) is 0 Å². The van der Waals surface area contributed by atoms with E-state index in [9.17, 15) is 4.79 Å². The summed E-state index contributed by atoms with van der Waals surface area (Å²) in [6.45, 7) is 2.21. The quantitative estimate of drug-likeness (QED) is 0.499. The minimum atomic E-state index is -0.165. The molecule has 2 aliphatic carbocycles. The van der Waals surface area contributed by atoms with Crippen LogP contribution in [0.25, 0.3) is 16.8 Å². The summed E-state index contributed by atoms with van der Waals surface area (Å²) in [6, 6.07) is 10.2. The minimum Gasteiger partial charge on any atom is -0.378 e. The van der Waals surface area contributed by atoms with Gasteiger partial charge in [0.25, 0.3) is 5.91 Å². The van der Waals surface area contributed by atoms with Crippen LogP contribution in [0.15, 0.2) is 42.7 Å². The van der Waals surface area contributed by atoms with Crippen molar-refractivity contribution in [1.29, 1.82) is 0 Å². The Balaban J connectivity index is 0.000000217. The molecule has 0 saturated carbocycles. The number of rotatable bonds is 1. The summed E-state index contributed by atoms with van der Waals surface area (Å²) in [4.78, 5) is 18.3. The highest BCUT2D eigenvalue weighted by Crippen LogP contribution is 2.32. The van der Waals surface area contributed by atoms with E-state index in [1.165, 1.54) is 15.6 Å². The Morgan fingerprint density at radius 2 is 1.96 bits per heavy atom. The number of benzene rings is 1. The second-order valence-electron chi connectivity index (χ2n) is 5.74. The molecule has 5 rings (SSSR count). The number of hydrogen-bond donors (Lipinski definition) is 0. The lowest BCUT2D eigenvalue weighted by Crippen LogP contribution is -2.41. The van der Waals surface area contributed by atoms with Crippen molar-refractivity contribution in [3.05, 3.63) is 54.0 Å². The molecule has 3 heterocycles. The highest BCUT2D eigenvalue weighted by molar-refractivity contribution is 5.96. The molecular weight excluding hydrogens is 316 g/mol. The normalized spacial score (nSPS) is 14.4. The maximum absolute atomic E-state index is 12.4. The molecule has 0 aromatic carbocycles. The van der Waals surface area contributed by atoms with Gasteiger partial charge in [-0.1, -0.05) is 24.1 Å². The third-order valence-electron chi connectivity index (χ3n) is 4.15. The van der Waals surface area contributed by atoms with Crippen LogP contribution in [0.1, 0.15) is 16.1 Å². The Bertz CT molecular complexity index is 963. The summed E-state index contributed by atoms with van der Waals surface area (Å²) in [7, 11) is 0. The molecule has 2 aromatic rings. The first-order valence-corrected chi connectivity index (χ1v) is 8.05. The summed E-state index contributed by atoms with van der Waals surface area (Å²) >= 11 is 0. The van der Waals surface area contributed by atoms with Gasteiger partial charge in [0.15, 0.2) is 11.3 Å². The standard InChI is InChI=1S/C13H12N4O2.C6H4/c1-2-10-11(13(18)16-6-8-19-9-7-16)15-17-5-3-4-14-12(10)17;1-2-5-4-6(5)3-1/h1,3-5H,6-9H2;1-4H. The molecule has 1 amide bonds. The van der Waals surface area contributed by atoms with Crippen LogP contribution in [0, 0.1) is 12.3 Å². The number of carbonyl (C=O) groups is 1. The van der Waals surface area contributed by atoms with Gasteiger partial charge in [0.2, 0.25) is 0 Å². The molecule has 1 fully saturated rings. The Hall–Kier alpha value is -3.17.